The summed E-state index contributed by atoms with van der Waals surface area (Å²) in [5, 5.41) is 9.76. The number of nitrogens with zero attached hydrogens (tertiary/aromatic N) is 1. The van der Waals surface area contributed by atoms with Crippen molar-refractivity contribution in [2.75, 3.05) is 6.54 Å². The van der Waals surface area contributed by atoms with Gasteiger partial charge in [-0.05, 0) is 19.3 Å². The molecule has 4 nitrogen and oxygen atoms in total. The summed E-state index contributed by atoms with van der Waals surface area (Å²) in [6.45, 7) is 6.02. The van der Waals surface area contributed by atoms with Gasteiger partial charge in [-0.2, -0.15) is 0 Å². The molecule has 0 spiro atoms. The lowest BCUT2D eigenvalue weighted by molar-refractivity contribution is -0.136. The van der Waals surface area contributed by atoms with Crippen LogP contribution in [0.3, 0.4) is 0 Å². The molecule has 0 radical (unpaired) electrons. The molecule has 2 unspecified atom stereocenters. The maximum absolute atomic E-state index is 11.9. The van der Waals surface area contributed by atoms with Crippen molar-refractivity contribution in [1.29, 1.82) is 0 Å². The average molecular weight is 227 g/mol. The number of hydrogen-bond acceptors (Lipinski definition) is 3. The lowest BCUT2D eigenvalue weighted by Gasteiger charge is -2.20. The van der Waals surface area contributed by atoms with Crippen LogP contribution in [0.2, 0.25) is 0 Å². The van der Waals surface area contributed by atoms with Crippen LogP contribution in [-0.4, -0.2) is 34.5 Å². The van der Waals surface area contributed by atoms with Crippen molar-refractivity contribution in [1.82, 2.24) is 4.90 Å². The fourth-order valence-corrected chi connectivity index (χ4v) is 2.13. The van der Waals surface area contributed by atoms with Crippen molar-refractivity contribution in [2.24, 2.45) is 11.8 Å². The number of aliphatic hydroxyl groups is 1. The zero-order valence-corrected chi connectivity index (χ0v) is 10.3. The molecule has 0 saturated carbocycles. The first-order valence-electron chi connectivity index (χ1n) is 5.91. The third-order valence-corrected chi connectivity index (χ3v) is 3.16. The summed E-state index contributed by atoms with van der Waals surface area (Å²) in [6, 6.07) is 0. The quantitative estimate of drug-likeness (QED) is 0.767. The van der Waals surface area contributed by atoms with E-state index in [-0.39, 0.29) is 23.5 Å². The second kappa shape index (κ2) is 5.43. The summed E-state index contributed by atoms with van der Waals surface area (Å²) >= 11 is 0. The number of hydrogen-bond donors (Lipinski definition) is 1. The summed E-state index contributed by atoms with van der Waals surface area (Å²) < 4.78 is 0. The highest BCUT2D eigenvalue weighted by Crippen LogP contribution is 2.29. The van der Waals surface area contributed by atoms with Crippen molar-refractivity contribution in [3.63, 3.8) is 0 Å². The number of rotatable bonds is 5. The summed E-state index contributed by atoms with van der Waals surface area (Å²) in [7, 11) is 0. The van der Waals surface area contributed by atoms with Crippen LogP contribution < -0.4 is 0 Å². The molecule has 1 N–H and O–H groups in total. The second-order valence-corrected chi connectivity index (χ2v) is 4.90. The van der Waals surface area contributed by atoms with Gasteiger partial charge in [-0.15, -0.1) is 0 Å². The topological polar surface area (TPSA) is 57.6 Å². The molecule has 1 fully saturated rings. The third-order valence-electron chi connectivity index (χ3n) is 3.16. The number of carbonyl (C=O) groups excluding carboxylic acids is 2. The van der Waals surface area contributed by atoms with E-state index < -0.39 is 6.23 Å². The Kier molecular flexibility index (Phi) is 4.47. The van der Waals surface area contributed by atoms with Gasteiger partial charge in [-0.3, -0.25) is 4.79 Å². The Hall–Kier alpha value is -0.900. The summed E-state index contributed by atoms with van der Waals surface area (Å²) in [6.07, 6.45) is 0.981. The largest absolute Gasteiger partial charge is 0.373 e. The monoisotopic (exact) mass is 227 g/mol. The minimum atomic E-state index is -0.660. The highest BCUT2D eigenvalue weighted by atomic mass is 16.3. The van der Waals surface area contributed by atoms with E-state index in [0.29, 0.717) is 25.8 Å². The van der Waals surface area contributed by atoms with Crippen molar-refractivity contribution < 1.29 is 14.7 Å². The standard InChI is InChI=1S/C12H21NO3/c1-8(2)10-7-11(15)13(12(10)16)6-4-5-9(3)14/h8,10-11,15H,4-7H2,1-3H3. The fourth-order valence-electron chi connectivity index (χ4n) is 2.13. The van der Waals surface area contributed by atoms with Crippen LogP contribution >= 0.6 is 0 Å². The lowest BCUT2D eigenvalue weighted by atomic mass is 9.94. The van der Waals surface area contributed by atoms with E-state index in [1.54, 1.807) is 6.92 Å². The maximum atomic E-state index is 11.9. The van der Waals surface area contributed by atoms with Crippen LogP contribution in [0.25, 0.3) is 0 Å². The molecule has 0 aromatic heterocycles. The van der Waals surface area contributed by atoms with Gasteiger partial charge >= 0.3 is 0 Å². The number of aliphatic hydroxyl groups excluding tert-OH is 1. The predicted octanol–water partition coefficient (Wildman–Crippen LogP) is 1.18. The predicted molar refractivity (Wildman–Crippen MR) is 60.6 cm³/mol. The molecular weight excluding hydrogens is 206 g/mol. The molecule has 1 amide bonds. The fraction of sp³-hybridized carbons (Fsp3) is 0.833. The Morgan fingerprint density at radius 1 is 1.56 bits per heavy atom. The molecule has 0 bridgehead atoms. The summed E-state index contributed by atoms with van der Waals surface area (Å²) in [5.41, 5.74) is 0. The first kappa shape index (κ1) is 13.2. The van der Waals surface area contributed by atoms with Crippen LogP contribution in [0, 0.1) is 11.8 Å². The molecule has 1 aliphatic heterocycles. The van der Waals surface area contributed by atoms with Gasteiger partial charge < -0.3 is 14.8 Å². The molecule has 4 heteroatoms. The molecule has 0 aliphatic carbocycles. The Balaban J connectivity index is 2.48. The minimum absolute atomic E-state index is 0.0334. The van der Waals surface area contributed by atoms with E-state index >= 15 is 0 Å². The van der Waals surface area contributed by atoms with E-state index in [1.165, 1.54) is 4.90 Å². The molecule has 92 valence electrons. The van der Waals surface area contributed by atoms with Gasteiger partial charge in [0.25, 0.3) is 0 Å². The molecule has 1 saturated heterocycles. The van der Waals surface area contributed by atoms with Crippen LogP contribution in [0.1, 0.15) is 40.0 Å². The zero-order chi connectivity index (χ0) is 12.3. The van der Waals surface area contributed by atoms with Gasteiger partial charge in [-0.25, -0.2) is 0 Å². The first-order chi connectivity index (χ1) is 7.43. The number of Topliss-reactive ketones (excluding diaryl/α,β-unsaturated/α-hetero) is 1. The van der Waals surface area contributed by atoms with Crippen LogP contribution in [0.5, 0.6) is 0 Å². The van der Waals surface area contributed by atoms with E-state index in [0.717, 1.165) is 0 Å². The van der Waals surface area contributed by atoms with Gasteiger partial charge in [0.05, 0.1) is 0 Å². The summed E-state index contributed by atoms with van der Waals surface area (Å²) in [4.78, 5) is 24.2. The second-order valence-electron chi connectivity index (χ2n) is 4.90. The Morgan fingerprint density at radius 2 is 2.19 bits per heavy atom. The van der Waals surface area contributed by atoms with Crippen molar-refractivity contribution >= 4 is 11.7 Å². The minimum Gasteiger partial charge on any atom is -0.373 e. The number of likely N-dealkylation sites (tertiary alicyclic amines) is 1. The van der Waals surface area contributed by atoms with Crippen molar-refractivity contribution in [3.05, 3.63) is 0 Å². The van der Waals surface area contributed by atoms with Crippen LogP contribution in [0.4, 0.5) is 0 Å². The van der Waals surface area contributed by atoms with Gasteiger partial charge in [0.1, 0.15) is 12.0 Å². The maximum Gasteiger partial charge on any atom is 0.228 e. The molecule has 1 heterocycles. The van der Waals surface area contributed by atoms with Crippen LogP contribution in [0.15, 0.2) is 0 Å². The van der Waals surface area contributed by atoms with E-state index in [4.69, 9.17) is 0 Å². The molecule has 16 heavy (non-hydrogen) atoms. The molecular formula is C12H21NO3. The van der Waals surface area contributed by atoms with E-state index in [9.17, 15) is 14.7 Å². The highest BCUT2D eigenvalue weighted by molar-refractivity contribution is 5.81. The van der Waals surface area contributed by atoms with E-state index in [1.807, 2.05) is 13.8 Å². The smallest absolute Gasteiger partial charge is 0.228 e. The van der Waals surface area contributed by atoms with Crippen molar-refractivity contribution in [2.45, 2.75) is 46.3 Å². The molecule has 0 aromatic rings. The first-order valence-corrected chi connectivity index (χ1v) is 5.91. The van der Waals surface area contributed by atoms with Gasteiger partial charge in [-0.1, -0.05) is 13.8 Å². The highest BCUT2D eigenvalue weighted by Gasteiger charge is 2.39. The van der Waals surface area contributed by atoms with Crippen LogP contribution in [-0.2, 0) is 9.59 Å². The number of ketones is 1. The molecule has 1 rings (SSSR count). The van der Waals surface area contributed by atoms with Gasteiger partial charge in [0.2, 0.25) is 5.91 Å². The molecule has 1 aliphatic rings. The summed E-state index contributed by atoms with van der Waals surface area (Å²) in [5.74, 6) is 0.361. The molecule has 0 aromatic carbocycles. The third kappa shape index (κ3) is 3.04. The van der Waals surface area contributed by atoms with Gasteiger partial charge in [0.15, 0.2) is 0 Å². The Bertz CT molecular complexity index is 275. The SMILES string of the molecule is CC(=O)CCCN1C(=O)C(C(C)C)CC1O. The lowest BCUT2D eigenvalue weighted by Crippen LogP contribution is -2.35. The Labute approximate surface area is 96.6 Å². The van der Waals surface area contributed by atoms with Gasteiger partial charge in [0, 0.05) is 25.3 Å². The van der Waals surface area contributed by atoms with E-state index in [2.05, 4.69) is 0 Å². The Morgan fingerprint density at radius 3 is 2.62 bits per heavy atom. The average Bonchev–Trinajstić information content (AvgIpc) is 2.44. The zero-order valence-electron chi connectivity index (χ0n) is 10.3. The molecule has 2 atom stereocenters. The normalized spacial score (nSPS) is 25.6. The number of amides is 1. The van der Waals surface area contributed by atoms with Crippen molar-refractivity contribution in [3.8, 4) is 0 Å². The number of carbonyl (C=O) groups is 2.